The van der Waals surface area contributed by atoms with Gasteiger partial charge in [-0.15, -0.1) is 0 Å². The standard InChI is InChI=1S/C4H6F4O2S/c1-3(5)2-10-11(9)4(6,7)8/h3H,2H2,1H3. The van der Waals surface area contributed by atoms with E-state index in [-0.39, 0.29) is 0 Å². The summed E-state index contributed by atoms with van der Waals surface area (Å²) in [6.07, 6.45) is -1.55. The van der Waals surface area contributed by atoms with E-state index >= 15 is 0 Å². The van der Waals surface area contributed by atoms with Crippen molar-refractivity contribution in [3.05, 3.63) is 0 Å². The molecule has 0 amide bonds. The molecule has 0 aliphatic heterocycles. The van der Waals surface area contributed by atoms with Crippen molar-refractivity contribution in [1.29, 1.82) is 0 Å². The van der Waals surface area contributed by atoms with E-state index in [0.717, 1.165) is 6.92 Å². The molecule has 0 aromatic carbocycles. The predicted molar refractivity (Wildman–Crippen MR) is 30.7 cm³/mol. The number of hydrogen-bond donors (Lipinski definition) is 0. The fourth-order valence-corrected chi connectivity index (χ4v) is 0.667. The van der Waals surface area contributed by atoms with E-state index in [0.29, 0.717) is 0 Å². The third-order valence-electron chi connectivity index (χ3n) is 0.594. The normalized spacial score (nSPS) is 17.9. The molecule has 0 fully saturated rings. The average molecular weight is 194 g/mol. The lowest BCUT2D eigenvalue weighted by atomic mass is 10.5. The molecule has 0 spiro atoms. The molecule has 11 heavy (non-hydrogen) atoms. The maximum atomic E-state index is 11.8. The summed E-state index contributed by atoms with van der Waals surface area (Å²) in [4.78, 5) is 0. The van der Waals surface area contributed by atoms with Crippen molar-refractivity contribution in [3.63, 3.8) is 0 Å². The quantitative estimate of drug-likeness (QED) is 0.637. The molecule has 2 unspecified atom stereocenters. The molecule has 0 rings (SSSR count). The van der Waals surface area contributed by atoms with E-state index in [2.05, 4.69) is 4.18 Å². The minimum atomic E-state index is -4.92. The highest BCUT2D eigenvalue weighted by molar-refractivity contribution is 7.81. The molecule has 0 saturated heterocycles. The molecular weight excluding hydrogens is 188 g/mol. The van der Waals surface area contributed by atoms with Crippen molar-refractivity contribution < 1.29 is 26.0 Å². The third kappa shape index (κ3) is 5.14. The van der Waals surface area contributed by atoms with Gasteiger partial charge in [-0.3, -0.25) is 4.18 Å². The molecule has 2 nitrogen and oxygen atoms in total. The van der Waals surface area contributed by atoms with Crippen LogP contribution in [-0.2, 0) is 15.3 Å². The smallest absolute Gasteiger partial charge is 0.281 e. The average Bonchev–Trinajstić information content (AvgIpc) is 1.80. The zero-order chi connectivity index (χ0) is 9.07. The van der Waals surface area contributed by atoms with Crippen molar-refractivity contribution in [2.24, 2.45) is 0 Å². The van der Waals surface area contributed by atoms with Crippen molar-refractivity contribution in [1.82, 2.24) is 0 Å². The van der Waals surface area contributed by atoms with E-state index < -0.39 is 29.4 Å². The summed E-state index contributed by atoms with van der Waals surface area (Å²) in [6, 6.07) is 0. The molecule has 0 aliphatic rings. The largest absolute Gasteiger partial charge is 0.497 e. The summed E-state index contributed by atoms with van der Waals surface area (Å²) in [5.74, 6) is 0. The maximum Gasteiger partial charge on any atom is 0.497 e. The summed E-state index contributed by atoms with van der Waals surface area (Å²) in [5.41, 5.74) is -4.92. The van der Waals surface area contributed by atoms with Gasteiger partial charge in [-0.2, -0.15) is 13.2 Å². The Morgan fingerprint density at radius 3 is 2.27 bits per heavy atom. The lowest BCUT2D eigenvalue weighted by molar-refractivity contribution is -0.0480. The van der Waals surface area contributed by atoms with Crippen LogP contribution in [0.2, 0.25) is 0 Å². The molecule has 7 heteroatoms. The molecular formula is C4H6F4O2S. The molecule has 0 N–H and O–H groups in total. The molecule has 68 valence electrons. The second kappa shape index (κ2) is 4.01. The Hall–Kier alpha value is -0.170. The monoisotopic (exact) mass is 194 g/mol. The summed E-state index contributed by atoms with van der Waals surface area (Å²) in [5, 5.41) is 0. The Balaban J connectivity index is 3.71. The molecule has 0 heterocycles. The minimum Gasteiger partial charge on any atom is -0.281 e. The topological polar surface area (TPSA) is 26.3 Å². The molecule has 0 saturated carbocycles. The van der Waals surface area contributed by atoms with Crippen molar-refractivity contribution in [2.75, 3.05) is 6.61 Å². The Bertz CT molecular complexity index is 144. The zero-order valence-corrected chi connectivity index (χ0v) is 6.34. The van der Waals surface area contributed by atoms with Gasteiger partial charge in [0.25, 0.3) is 11.1 Å². The van der Waals surface area contributed by atoms with Gasteiger partial charge in [0.05, 0.1) is 6.61 Å². The van der Waals surface area contributed by atoms with Gasteiger partial charge in [0.2, 0.25) is 0 Å². The maximum absolute atomic E-state index is 11.8. The Morgan fingerprint density at radius 2 is 2.00 bits per heavy atom. The molecule has 0 aliphatic carbocycles. The predicted octanol–water partition coefficient (Wildman–Crippen LogP) is 1.54. The lowest BCUT2D eigenvalue weighted by Crippen LogP contribution is -2.21. The van der Waals surface area contributed by atoms with Gasteiger partial charge < -0.3 is 0 Å². The molecule has 0 bridgehead atoms. The van der Waals surface area contributed by atoms with Crippen LogP contribution in [0.5, 0.6) is 0 Å². The fraction of sp³-hybridized carbons (Fsp3) is 1.00. The fourth-order valence-electron chi connectivity index (χ4n) is 0.222. The molecule has 0 aromatic heterocycles. The van der Waals surface area contributed by atoms with Crippen LogP contribution in [0.15, 0.2) is 0 Å². The van der Waals surface area contributed by atoms with Crippen molar-refractivity contribution in [2.45, 2.75) is 18.6 Å². The highest BCUT2D eigenvalue weighted by Crippen LogP contribution is 2.20. The SMILES string of the molecule is CC(F)COS(=O)C(F)(F)F. The second-order valence-electron chi connectivity index (χ2n) is 1.75. The number of rotatable bonds is 3. The van der Waals surface area contributed by atoms with E-state index in [9.17, 15) is 21.8 Å². The lowest BCUT2D eigenvalue weighted by Gasteiger charge is -2.05. The summed E-state index contributed by atoms with van der Waals surface area (Å²) in [6.45, 7) is 0.194. The molecule has 0 radical (unpaired) electrons. The van der Waals surface area contributed by atoms with E-state index in [1.807, 2.05) is 0 Å². The van der Waals surface area contributed by atoms with Crippen LogP contribution in [0, 0.1) is 0 Å². The van der Waals surface area contributed by atoms with Crippen LogP contribution in [-0.4, -0.2) is 22.5 Å². The first-order valence-corrected chi connectivity index (χ1v) is 3.67. The van der Waals surface area contributed by atoms with E-state index in [4.69, 9.17) is 0 Å². The minimum absolute atomic E-state index is 0.813. The second-order valence-corrected chi connectivity index (χ2v) is 2.91. The molecule has 2 atom stereocenters. The first-order chi connectivity index (χ1) is 4.84. The third-order valence-corrected chi connectivity index (χ3v) is 1.32. The van der Waals surface area contributed by atoms with Gasteiger partial charge in [-0.05, 0) is 6.92 Å². The first-order valence-electron chi connectivity index (χ1n) is 2.60. The van der Waals surface area contributed by atoms with Gasteiger partial charge in [0, 0.05) is 0 Å². The Kier molecular flexibility index (Phi) is 3.95. The summed E-state index contributed by atoms with van der Waals surface area (Å²) >= 11 is -3.40. The number of hydrogen-bond acceptors (Lipinski definition) is 2. The van der Waals surface area contributed by atoms with Gasteiger partial charge in [-0.25, -0.2) is 8.60 Å². The summed E-state index contributed by atoms with van der Waals surface area (Å²) < 4.78 is 59.5. The van der Waals surface area contributed by atoms with Crippen LogP contribution >= 0.6 is 0 Å². The Morgan fingerprint density at radius 1 is 1.55 bits per heavy atom. The van der Waals surface area contributed by atoms with Gasteiger partial charge in [0.15, 0.2) is 0 Å². The van der Waals surface area contributed by atoms with Crippen LogP contribution in [0.25, 0.3) is 0 Å². The van der Waals surface area contributed by atoms with Crippen LogP contribution in [0.4, 0.5) is 17.6 Å². The zero-order valence-electron chi connectivity index (χ0n) is 5.52. The van der Waals surface area contributed by atoms with Crippen molar-refractivity contribution >= 4 is 11.1 Å². The number of halogens is 4. The van der Waals surface area contributed by atoms with Gasteiger partial charge in [0.1, 0.15) is 6.17 Å². The molecule has 0 aromatic rings. The van der Waals surface area contributed by atoms with Crippen LogP contribution < -0.4 is 0 Å². The van der Waals surface area contributed by atoms with E-state index in [1.54, 1.807) is 0 Å². The Labute approximate surface area is 63.2 Å². The van der Waals surface area contributed by atoms with Crippen LogP contribution in [0.1, 0.15) is 6.92 Å². The van der Waals surface area contributed by atoms with Gasteiger partial charge >= 0.3 is 5.51 Å². The number of alkyl halides is 4. The van der Waals surface area contributed by atoms with E-state index in [1.165, 1.54) is 0 Å². The van der Waals surface area contributed by atoms with Gasteiger partial charge in [-0.1, -0.05) is 0 Å². The summed E-state index contributed by atoms with van der Waals surface area (Å²) in [7, 11) is 0. The highest BCUT2D eigenvalue weighted by atomic mass is 32.2. The highest BCUT2D eigenvalue weighted by Gasteiger charge is 2.38. The van der Waals surface area contributed by atoms with Crippen LogP contribution in [0.3, 0.4) is 0 Å². The first kappa shape index (κ1) is 10.8. The van der Waals surface area contributed by atoms with Crippen molar-refractivity contribution in [3.8, 4) is 0 Å².